The molecule has 0 spiro atoms. The van der Waals surface area contributed by atoms with Crippen molar-refractivity contribution in [1.82, 2.24) is 0 Å². The summed E-state index contributed by atoms with van der Waals surface area (Å²) in [6.45, 7) is 1.67. The van der Waals surface area contributed by atoms with Crippen molar-refractivity contribution in [2.45, 2.75) is 24.2 Å². The number of piperidine rings is 1. The number of halogens is 1. The zero-order valence-electron chi connectivity index (χ0n) is 18.2. The number of amides is 1. The van der Waals surface area contributed by atoms with E-state index in [4.69, 9.17) is 11.6 Å². The molecule has 1 aliphatic heterocycles. The molecular formula is C25H26ClN3O3S. The molecule has 0 saturated carbocycles. The van der Waals surface area contributed by atoms with Gasteiger partial charge >= 0.3 is 0 Å². The highest BCUT2D eigenvalue weighted by Crippen LogP contribution is 2.30. The van der Waals surface area contributed by atoms with E-state index in [9.17, 15) is 13.2 Å². The van der Waals surface area contributed by atoms with Crippen molar-refractivity contribution < 1.29 is 13.2 Å². The normalized spacial score (nSPS) is 14.0. The van der Waals surface area contributed by atoms with Crippen molar-refractivity contribution in [2.24, 2.45) is 0 Å². The zero-order valence-corrected chi connectivity index (χ0v) is 19.7. The minimum Gasteiger partial charge on any atom is -0.372 e. The maximum absolute atomic E-state index is 13.4. The van der Waals surface area contributed by atoms with Crippen LogP contribution in [0.4, 0.5) is 17.1 Å². The monoisotopic (exact) mass is 483 g/mol. The Balaban J connectivity index is 1.54. The third-order valence-electron chi connectivity index (χ3n) is 5.61. The van der Waals surface area contributed by atoms with Crippen molar-refractivity contribution in [2.75, 3.05) is 34.2 Å². The minimum absolute atomic E-state index is 0.0867. The molecule has 3 aromatic carbocycles. The van der Waals surface area contributed by atoms with Crippen LogP contribution in [0.2, 0.25) is 5.02 Å². The van der Waals surface area contributed by atoms with Crippen LogP contribution in [0, 0.1) is 0 Å². The summed E-state index contributed by atoms with van der Waals surface area (Å²) in [5, 5.41) is 3.05. The Morgan fingerprint density at radius 1 is 0.879 bits per heavy atom. The second-order valence-electron chi connectivity index (χ2n) is 7.92. The molecule has 0 unspecified atom stereocenters. The fraction of sp³-hybridized carbons (Fsp3) is 0.240. The molecule has 1 aliphatic rings. The fourth-order valence-corrected chi connectivity index (χ4v) is 5.66. The zero-order chi connectivity index (χ0) is 23.3. The van der Waals surface area contributed by atoms with E-state index in [1.165, 1.54) is 31.4 Å². The molecule has 0 aromatic heterocycles. The molecule has 0 bridgehead atoms. The highest BCUT2D eigenvalue weighted by atomic mass is 35.5. The topological polar surface area (TPSA) is 69.7 Å². The second-order valence-corrected chi connectivity index (χ2v) is 10.2. The lowest BCUT2D eigenvalue weighted by molar-refractivity contribution is -0.114. The van der Waals surface area contributed by atoms with Crippen LogP contribution < -0.4 is 14.5 Å². The maximum atomic E-state index is 13.4. The number of carbonyl (C=O) groups excluding carboxylic acids is 1. The SMILES string of the molecule is O=C(CN(c1ccccc1Cl)S(=O)(=O)c1ccccc1)Nc1ccc(N2CCCCC2)cc1. The number of nitrogens with one attached hydrogen (secondary N) is 1. The van der Waals surface area contributed by atoms with E-state index in [1.54, 1.807) is 42.5 Å². The predicted molar refractivity (Wildman–Crippen MR) is 134 cm³/mol. The van der Waals surface area contributed by atoms with Crippen molar-refractivity contribution in [3.63, 3.8) is 0 Å². The van der Waals surface area contributed by atoms with Crippen LogP contribution in [0.5, 0.6) is 0 Å². The van der Waals surface area contributed by atoms with E-state index >= 15 is 0 Å². The first-order valence-corrected chi connectivity index (χ1v) is 12.7. The summed E-state index contributed by atoms with van der Waals surface area (Å²) in [6, 6.07) is 22.2. The van der Waals surface area contributed by atoms with E-state index in [0.29, 0.717) is 5.69 Å². The summed E-state index contributed by atoms with van der Waals surface area (Å²) < 4.78 is 27.8. The number of nitrogens with zero attached hydrogens (tertiary/aromatic N) is 2. The minimum atomic E-state index is -4.00. The van der Waals surface area contributed by atoms with E-state index in [1.807, 2.05) is 24.3 Å². The highest BCUT2D eigenvalue weighted by Gasteiger charge is 2.28. The van der Waals surface area contributed by atoms with Gasteiger partial charge in [-0.2, -0.15) is 0 Å². The molecule has 1 N–H and O–H groups in total. The van der Waals surface area contributed by atoms with E-state index in [0.717, 1.165) is 23.1 Å². The summed E-state index contributed by atoms with van der Waals surface area (Å²) in [4.78, 5) is 15.3. The van der Waals surface area contributed by atoms with Gasteiger partial charge in [-0.1, -0.05) is 41.9 Å². The molecule has 0 aliphatic carbocycles. The molecule has 6 nitrogen and oxygen atoms in total. The lowest BCUT2D eigenvalue weighted by atomic mass is 10.1. The van der Waals surface area contributed by atoms with Gasteiger partial charge in [0, 0.05) is 24.5 Å². The third-order valence-corrected chi connectivity index (χ3v) is 7.71. The van der Waals surface area contributed by atoms with Gasteiger partial charge in [-0.3, -0.25) is 9.10 Å². The van der Waals surface area contributed by atoms with Crippen molar-refractivity contribution in [1.29, 1.82) is 0 Å². The molecule has 1 fully saturated rings. The molecular weight excluding hydrogens is 458 g/mol. The smallest absolute Gasteiger partial charge is 0.264 e. The summed E-state index contributed by atoms with van der Waals surface area (Å²) in [5.41, 5.74) is 1.98. The van der Waals surface area contributed by atoms with Gasteiger partial charge in [0.25, 0.3) is 10.0 Å². The van der Waals surface area contributed by atoms with Crippen LogP contribution in [0.1, 0.15) is 19.3 Å². The molecule has 1 amide bonds. The van der Waals surface area contributed by atoms with Gasteiger partial charge in [-0.15, -0.1) is 0 Å². The van der Waals surface area contributed by atoms with Crippen molar-refractivity contribution in [3.8, 4) is 0 Å². The number of anilines is 3. The second kappa shape index (κ2) is 10.3. The lowest BCUT2D eigenvalue weighted by Crippen LogP contribution is -2.38. The molecule has 0 radical (unpaired) electrons. The number of sulfonamides is 1. The molecule has 1 heterocycles. The van der Waals surface area contributed by atoms with E-state index in [2.05, 4.69) is 10.2 Å². The van der Waals surface area contributed by atoms with E-state index in [-0.39, 0.29) is 15.6 Å². The largest absolute Gasteiger partial charge is 0.372 e. The molecule has 0 atom stereocenters. The van der Waals surface area contributed by atoms with Gasteiger partial charge < -0.3 is 10.2 Å². The van der Waals surface area contributed by atoms with Crippen molar-refractivity contribution >= 4 is 44.6 Å². The number of rotatable bonds is 7. The standard InChI is InChI=1S/C25H26ClN3O3S/c26-23-11-5-6-12-24(23)29(33(31,32)22-9-3-1-4-10-22)19-25(30)27-20-13-15-21(16-14-20)28-17-7-2-8-18-28/h1,3-6,9-16H,2,7-8,17-19H2,(H,27,30). The van der Waals surface area contributed by atoms with Gasteiger partial charge in [0.15, 0.2) is 0 Å². The van der Waals surface area contributed by atoms with E-state index < -0.39 is 22.5 Å². The van der Waals surface area contributed by atoms with Gasteiger partial charge in [0.05, 0.1) is 15.6 Å². The first-order valence-electron chi connectivity index (χ1n) is 10.9. The molecule has 33 heavy (non-hydrogen) atoms. The summed E-state index contributed by atoms with van der Waals surface area (Å²) in [5.74, 6) is -0.458. The Morgan fingerprint density at radius 2 is 1.52 bits per heavy atom. The summed E-state index contributed by atoms with van der Waals surface area (Å²) in [7, 11) is -4.00. The first-order chi connectivity index (χ1) is 15.9. The average molecular weight is 484 g/mol. The predicted octanol–water partition coefficient (Wildman–Crippen LogP) is 5.16. The fourth-order valence-electron chi connectivity index (χ4n) is 3.91. The Bertz CT molecular complexity index is 1200. The highest BCUT2D eigenvalue weighted by molar-refractivity contribution is 7.92. The van der Waals surface area contributed by atoms with Crippen LogP contribution in [0.15, 0.2) is 83.8 Å². The summed E-state index contributed by atoms with van der Waals surface area (Å²) in [6.07, 6.45) is 3.64. The van der Waals surface area contributed by atoms with Crippen LogP contribution in [-0.2, 0) is 14.8 Å². The molecule has 4 rings (SSSR count). The Kier molecular flexibility index (Phi) is 7.20. The number of benzene rings is 3. The van der Waals surface area contributed by atoms with Gasteiger partial charge in [0.2, 0.25) is 5.91 Å². The van der Waals surface area contributed by atoms with Crippen LogP contribution in [0.25, 0.3) is 0 Å². The quantitative estimate of drug-likeness (QED) is 0.503. The summed E-state index contributed by atoms with van der Waals surface area (Å²) >= 11 is 6.30. The Hall–Kier alpha value is -3.03. The number of hydrogen-bond acceptors (Lipinski definition) is 4. The van der Waals surface area contributed by atoms with Crippen LogP contribution >= 0.6 is 11.6 Å². The van der Waals surface area contributed by atoms with Gasteiger partial charge in [-0.05, 0) is 67.8 Å². The lowest BCUT2D eigenvalue weighted by Gasteiger charge is -2.29. The molecule has 172 valence electrons. The Labute approximate surface area is 199 Å². The molecule has 8 heteroatoms. The number of carbonyl (C=O) groups is 1. The van der Waals surface area contributed by atoms with Crippen molar-refractivity contribution in [3.05, 3.63) is 83.9 Å². The molecule has 3 aromatic rings. The molecule has 1 saturated heterocycles. The Morgan fingerprint density at radius 3 is 2.18 bits per heavy atom. The average Bonchev–Trinajstić information content (AvgIpc) is 2.84. The van der Waals surface area contributed by atoms with Crippen LogP contribution in [0.3, 0.4) is 0 Å². The third kappa shape index (κ3) is 5.49. The van der Waals surface area contributed by atoms with Gasteiger partial charge in [0.1, 0.15) is 6.54 Å². The number of para-hydroxylation sites is 1. The van der Waals surface area contributed by atoms with Gasteiger partial charge in [-0.25, -0.2) is 8.42 Å². The van der Waals surface area contributed by atoms with Crippen LogP contribution in [-0.4, -0.2) is 34.0 Å². The first kappa shape index (κ1) is 23.1. The maximum Gasteiger partial charge on any atom is 0.264 e. The number of hydrogen-bond donors (Lipinski definition) is 1.